The highest BCUT2D eigenvalue weighted by Gasteiger charge is 2.35. The van der Waals surface area contributed by atoms with Crippen LogP contribution in [0.2, 0.25) is 0 Å². The quantitative estimate of drug-likeness (QED) is 0.614. The molecule has 0 bridgehead atoms. The molecule has 0 radical (unpaired) electrons. The molecule has 1 atom stereocenters. The first kappa shape index (κ1) is 13.7. The van der Waals surface area contributed by atoms with E-state index in [0.29, 0.717) is 5.56 Å². The Labute approximate surface area is 127 Å². The highest BCUT2D eigenvalue weighted by atomic mass is 32.2. The number of rotatable bonds is 3. The molecule has 0 aromatic heterocycles. The molecule has 1 unspecified atom stereocenters. The number of thioether (sulfide) groups is 1. The van der Waals surface area contributed by atoms with Gasteiger partial charge in [-0.15, -0.1) is 0 Å². The highest BCUT2D eigenvalue weighted by molar-refractivity contribution is 8.00. The van der Waals surface area contributed by atoms with Crippen LogP contribution in [0.25, 0.3) is 10.8 Å². The molecule has 0 heterocycles. The summed E-state index contributed by atoms with van der Waals surface area (Å²) in [6.07, 6.45) is 0. The number of hydrogen-bond donors (Lipinski definition) is 0. The maximum Gasteiger partial charge on any atom is 0.271 e. The minimum atomic E-state index is -2.11. The number of hydrogen-bond acceptors (Lipinski definition) is 2. The molecule has 0 N–H and O–H groups in total. The molecule has 21 heavy (non-hydrogen) atoms. The lowest BCUT2D eigenvalue weighted by molar-refractivity contribution is 0.379. The van der Waals surface area contributed by atoms with Crippen molar-refractivity contribution in [2.24, 2.45) is 0 Å². The SMILES string of the molecule is N#CC(F)(Sc1ccccc1)c1cccc2ccccc12. The van der Waals surface area contributed by atoms with E-state index in [0.717, 1.165) is 27.4 Å². The second-order valence-corrected chi connectivity index (χ2v) is 5.89. The van der Waals surface area contributed by atoms with Gasteiger partial charge in [0.1, 0.15) is 6.07 Å². The number of nitrogens with zero attached hydrogens (tertiary/aromatic N) is 1. The van der Waals surface area contributed by atoms with Crippen molar-refractivity contribution in [1.82, 2.24) is 0 Å². The number of alkyl halides is 1. The summed E-state index contributed by atoms with van der Waals surface area (Å²) in [6.45, 7) is 0. The van der Waals surface area contributed by atoms with Gasteiger partial charge in [0, 0.05) is 10.5 Å². The van der Waals surface area contributed by atoms with Gasteiger partial charge >= 0.3 is 0 Å². The van der Waals surface area contributed by atoms with Crippen molar-refractivity contribution in [2.75, 3.05) is 0 Å². The molecule has 3 heteroatoms. The first-order chi connectivity index (χ1) is 10.2. The third-order valence-electron chi connectivity index (χ3n) is 3.28. The van der Waals surface area contributed by atoms with Crippen LogP contribution in [0.4, 0.5) is 4.39 Å². The van der Waals surface area contributed by atoms with E-state index in [-0.39, 0.29) is 0 Å². The molecule has 0 spiro atoms. The molecule has 0 fully saturated rings. The largest absolute Gasteiger partial charge is 0.271 e. The van der Waals surface area contributed by atoms with Crippen molar-refractivity contribution in [1.29, 1.82) is 5.26 Å². The third kappa shape index (κ3) is 2.63. The lowest BCUT2D eigenvalue weighted by Crippen LogP contribution is -2.13. The van der Waals surface area contributed by atoms with E-state index in [1.807, 2.05) is 66.7 Å². The first-order valence-corrected chi connectivity index (χ1v) is 7.37. The van der Waals surface area contributed by atoms with Crippen LogP contribution in [-0.4, -0.2) is 0 Å². The predicted octanol–water partition coefficient (Wildman–Crippen LogP) is 5.28. The lowest BCUT2D eigenvalue weighted by atomic mass is 10.0. The van der Waals surface area contributed by atoms with Crippen LogP contribution in [0, 0.1) is 11.3 Å². The van der Waals surface area contributed by atoms with Crippen LogP contribution in [-0.2, 0) is 5.00 Å². The Hall–Kier alpha value is -2.31. The lowest BCUT2D eigenvalue weighted by Gasteiger charge is -2.19. The molecule has 3 aromatic rings. The average molecular weight is 293 g/mol. The Morgan fingerprint density at radius 2 is 1.52 bits per heavy atom. The molecule has 0 saturated heterocycles. The van der Waals surface area contributed by atoms with E-state index in [1.165, 1.54) is 0 Å². The Balaban J connectivity index is 2.12. The van der Waals surface area contributed by atoms with Gasteiger partial charge < -0.3 is 0 Å². The number of halogens is 1. The predicted molar refractivity (Wildman–Crippen MR) is 84.6 cm³/mol. The van der Waals surface area contributed by atoms with Gasteiger partial charge in [-0.2, -0.15) is 5.26 Å². The monoisotopic (exact) mass is 293 g/mol. The second kappa shape index (κ2) is 5.59. The normalized spacial score (nSPS) is 13.5. The van der Waals surface area contributed by atoms with Gasteiger partial charge in [-0.1, -0.05) is 72.4 Å². The molecule has 102 valence electrons. The van der Waals surface area contributed by atoms with Crippen LogP contribution in [0.15, 0.2) is 77.7 Å². The Kier molecular flexibility index (Phi) is 3.64. The average Bonchev–Trinajstić information content (AvgIpc) is 2.55. The summed E-state index contributed by atoms with van der Waals surface area (Å²) >= 11 is 0.931. The van der Waals surface area contributed by atoms with Gasteiger partial charge in [-0.3, -0.25) is 0 Å². The van der Waals surface area contributed by atoms with Crippen LogP contribution >= 0.6 is 11.8 Å². The molecular weight excluding hydrogens is 281 g/mol. The molecule has 3 aromatic carbocycles. The number of benzene rings is 3. The minimum absolute atomic E-state index is 0.400. The molecule has 0 aliphatic rings. The number of nitriles is 1. The summed E-state index contributed by atoms with van der Waals surface area (Å²) in [6, 6.07) is 23.9. The molecule has 3 rings (SSSR count). The van der Waals surface area contributed by atoms with Crippen LogP contribution in [0.5, 0.6) is 0 Å². The van der Waals surface area contributed by atoms with Crippen molar-refractivity contribution in [2.45, 2.75) is 9.90 Å². The molecule has 0 aliphatic carbocycles. The third-order valence-corrected chi connectivity index (χ3v) is 4.38. The maximum atomic E-state index is 15.3. The molecule has 0 amide bonds. The van der Waals surface area contributed by atoms with Crippen LogP contribution in [0.3, 0.4) is 0 Å². The van der Waals surface area contributed by atoms with Crippen molar-refractivity contribution >= 4 is 22.5 Å². The summed E-state index contributed by atoms with van der Waals surface area (Å²) in [5.41, 5.74) is 0.400. The highest BCUT2D eigenvalue weighted by Crippen LogP contribution is 2.44. The fourth-order valence-electron chi connectivity index (χ4n) is 2.29. The maximum absolute atomic E-state index is 15.3. The van der Waals surface area contributed by atoms with E-state index in [2.05, 4.69) is 0 Å². The van der Waals surface area contributed by atoms with Crippen LogP contribution < -0.4 is 0 Å². The van der Waals surface area contributed by atoms with Gasteiger partial charge in [0.2, 0.25) is 0 Å². The Bertz CT molecular complexity index is 805. The van der Waals surface area contributed by atoms with Gasteiger partial charge in [0.25, 0.3) is 5.00 Å². The zero-order valence-electron chi connectivity index (χ0n) is 11.2. The summed E-state index contributed by atoms with van der Waals surface area (Å²) in [7, 11) is 0. The molecule has 0 saturated carbocycles. The van der Waals surface area contributed by atoms with E-state index < -0.39 is 5.00 Å². The van der Waals surface area contributed by atoms with Crippen molar-refractivity contribution in [3.8, 4) is 6.07 Å². The molecular formula is C18H12FNS. The van der Waals surface area contributed by atoms with E-state index in [9.17, 15) is 5.26 Å². The molecule has 0 aliphatic heterocycles. The second-order valence-electron chi connectivity index (χ2n) is 4.65. The van der Waals surface area contributed by atoms with Crippen molar-refractivity contribution in [3.63, 3.8) is 0 Å². The van der Waals surface area contributed by atoms with Crippen molar-refractivity contribution in [3.05, 3.63) is 78.4 Å². The molecule has 1 nitrogen and oxygen atoms in total. The van der Waals surface area contributed by atoms with E-state index in [1.54, 1.807) is 12.1 Å². The first-order valence-electron chi connectivity index (χ1n) is 6.55. The van der Waals surface area contributed by atoms with Gasteiger partial charge in [0.15, 0.2) is 0 Å². The topological polar surface area (TPSA) is 23.8 Å². The van der Waals surface area contributed by atoms with Gasteiger partial charge in [0.05, 0.1) is 0 Å². The van der Waals surface area contributed by atoms with Gasteiger partial charge in [-0.05, 0) is 22.9 Å². The van der Waals surface area contributed by atoms with Crippen molar-refractivity contribution < 1.29 is 4.39 Å². The van der Waals surface area contributed by atoms with Crippen LogP contribution in [0.1, 0.15) is 5.56 Å². The Morgan fingerprint density at radius 1 is 0.857 bits per heavy atom. The zero-order chi connectivity index (χ0) is 14.7. The fourth-order valence-corrected chi connectivity index (χ4v) is 3.25. The summed E-state index contributed by atoms with van der Waals surface area (Å²) in [5.74, 6) is 0. The fraction of sp³-hybridized carbons (Fsp3) is 0.0556. The standard InChI is InChI=1S/C18H12FNS/c19-18(13-20,21-15-9-2-1-3-10-15)17-12-6-8-14-7-4-5-11-16(14)17/h1-12H. The zero-order valence-corrected chi connectivity index (χ0v) is 12.0. The number of fused-ring (bicyclic) bond motifs is 1. The van der Waals surface area contributed by atoms with E-state index >= 15 is 4.39 Å². The Morgan fingerprint density at radius 3 is 2.29 bits per heavy atom. The summed E-state index contributed by atoms with van der Waals surface area (Å²) < 4.78 is 15.3. The van der Waals surface area contributed by atoms with Gasteiger partial charge in [-0.25, -0.2) is 4.39 Å². The summed E-state index contributed by atoms with van der Waals surface area (Å²) in [5, 5.41) is 9.01. The minimum Gasteiger partial charge on any atom is -0.209 e. The smallest absolute Gasteiger partial charge is 0.209 e. The van der Waals surface area contributed by atoms with E-state index in [4.69, 9.17) is 0 Å². The summed E-state index contributed by atoms with van der Waals surface area (Å²) in [4.78, 5) is 0.731.